The Morgan fingerprint density at radius 2 is 2.08 bits per heavy atom. The van der Waals surface area contributed by atoms with Crippen LogP contribution in [0.5, 0.6) is 0 Å². The number of halogens is 1. The molecule has 0 saturated heterocycles. The molecule has 2 nitrogen and oxygen atoms in total. The average molecular weight is 409 g/mol. The lowest BCUT2D eigenvalue weighted by Gasteiger charge is -2.47. The third-order valence-electron chi connectivity index (χ3n) is 5.29. The van der Waals surface area contributed by atoms with E-state index < -0.39 is 0 Å². The fraction of sp³-hybridized carbons (Fsp3) is 0.348. The van der Waals surface area contributed by atoms with E-state index in [1.807, 2.05) is 30.3 Å². The normalized spacial score (nSPS) is 19.0. The summed E-state index contributed by atoms with van der Waals surface area (Å²) >= 11 is 3.49. The van der Waals surface area contributed by atoms with E-state index in [-0.39, 0.29) is 5.54 Å². The first-order valence-corrected chi connectivity index (χ1v) is 9.94. The standard InChI is InChI=1S/C23H25BrN2/c1-5-26-22-10-9-17(12-21(22)16(2)14-23(26,3)4)11-19(15-25)18-7-6-8-20(24)13-18/h6-13,16H,5,14H2,1-4H3/b19-11-. The SMILES string of the molecule is CCN1c2ccc(/C=C(/C#N)c3cccc(Br)c3)cc2C(C)CC1(C)C. The van der Waals surface area contributed by atoms with Crippen LogP contribution >= 0.6 is 15.9 Å². The monoisotopic (exact) mass is 408 g/mol. The summed E-state index contributed by atoms with van der Waals surface area (Å²) in [6, 6.07) is 16.8. The molecule has 0 aromatic heterocycles. The maximum atomic E-state index is 9.63. The van der Waals surface area contributed by atoms with Crippen molar-refractivity contribution in [3.05, 3.63) is 63.6 Å². The Bertz CT molecular complexity index is 889. The highest BCUT2D eigenvalue weighted by Gasteiger charge is 2.35. The molecule has 0 radical (unpaired) electrons. The van der Waals surface area contributed by atoms with Crippen molar-refractivity contribution in [2.45, 2.75) is 45.6 Å². The minimum atomic E-state index is 0.173. The molecule has 0 bridgehead atoms. The number of hydrogen-bond donors (Lipinski definition) is 0. The molecule has 1 atom stereocenters. The van der Waals surface area contributed by atoms with Gasteiger partial charge in [0.25, 0.3) is 0 Å². The van der Waals surface area contributed by atoms with Crippen molar-refractivity contribution < 1.29 is 0 Å². The van der Waals surface area contributed by atoms with Gasteiger partial charge in [-0.1, -0.05) is 41.1 Å². The predicted octanol–water partition coefficient (Wildman–Crippen LogP) is 6.63. The number of anilines is 1. The molecule has 1 aliphatic rings. The number of nitrogens with zero attached hydrogens (tertiary/aromatic N) is 2. The Kier molecular flexibility index (Phi) is 5.25. The van der Waals surface area contributed by atoms with E-state index in [0.29, 0.717) is 11.5 Å². The highest BCUT2D eigenvalue weighted by Crippen LogP contribution is 2.43. The average Bonchev–Trinajstić information content (AvgIpc) is 2.59. The third-order valence-corrected chi connectivity index (χ3v) is 5.79. The van der Waals surface area contributed by atoms with Crippen LogP contribution in [0, 0.1) is 11.3 Å². The molecule has 0 spiro atoms. The van der Waals surface area contributed by atoms with Gasteiger partial charge in [-0.05, 0) is 80.1 Å². The van der Waals surface area contributed by atoms with Gasteiger partial charge in [0.15, 0.2) is 0 Å². The molecule has 1 aliphatic heterocycles. The van der Waals surface area contributed by atoms with Crippen molar-refractivity contribution in [3.63, 3.8) is 0 Å². The second-order valence-electron chi connectivity index (χ2n) is 7.66. The zero-order chi connectivity index (χ0) is 18.9. The lowest BCUT2D eigenvalue weighted by atomic mass is 9.79. The van der Waals surface area contributed by atoms with Crippen LogP contribution in [0.25, 0.3) is 11.6 Å². The summed E-state index contributed by atoms with van der Waals surface area (Å²) in [6.45, 7) is 10.2. The Balaban J connectivity index is 2.04. The van der Waals surface area contributed by atoms with Crippen LogP contribution < -0.4 is 4.90 Å². The van der Waals surface area contributed by atoms with E-state index in [0.717, 1.165) is 28.6 Å². The van der Waals surface area contributed by atoms with Gasteiger partial charge in [0.2, 0.25) is 0 Å². The van der Waals surface area contributed by atoms with Crippen LogP contribution in [0.2, 0.25) is 0 Å². The smallest absolute Gasteiger partial charge is 0.0998 e. The first-order chi connectivity index (χ1) is 12.4. The molecule has 1 heterocycles. The maximum absolute atomic E-state index is 9.63. The largest absolute Gasteiger partial charge is 0.366 e. The summed E-state index contributed by atoms with van der Waals surface area (Å²) in [5.41, 5.74) is 5.59. The molecule has 0 saturated carbocycles. The molecule has 0 aliphatic carbocycles. The van der Waals surface area contributed by atoms with Crippen LogP contribution in [-0.2, 0) is 0 Å². The number of rotatable bonds is 3. The van der Waals surface area contributed by atoms with E-state index >= 15 is 0 Å². The van der Waals surface area contributed by atoms with Crippen LogP contribution in [0.1, 0.15) is 56.7 Å². The first-order valence-electron chi connectivity index (χ1n) is 9.15. The predicted molar refractivity (Wildman–Crippen MR) is 114 cm³/mol. The zero-order valence-electron chi connectivity index (χ0n) is 15.9. The highest BCUT2D eigenvalue weighted by atomic mass is 79.9. The van der Waals surface area contributed by atoms with Crippen LogP contribution in [-0.4, -0.2) is 12.1 Å². The Labute approximate surface area is 165 Å². The summed E-state index contributed by atoms with van der Waals surface area (Å²) in [5, 5.41) is 9.63. The van der Waals surface area contributed by atoms with Gasteiger partial charge < -0.3 is 4.90 Å². The summed E-state index contributed by atoms with van der Waals surface area (Å²) in [7, 11) is 0. The molecule has 2 aromatic carbocycles. The van der Waals surface area contributed by atoms with Gasteiger partial charge >= 0.3 is 0 Å². The lowest BCUT2D eigenvalue weighted by molar-refractivity contribution is 0.381. The molecule has 0 N–H and O–H groups in total. The third kappa shape index (κ3) is 3.57. The second-order valence-corrected chi connectivity index (χ2v) is 8.58. The fourth-order valence-electron chi connectivity index (χ4n) is 4.20. The van der Waals surface area contributed by atoms with Gasteiger partial charge in [0, 0.05) is 22.2 Å². The lowest BCUT2D eigenvalue weighted by Crippen LogP contribution is -2.48. The Hall–Kier alpha value is -2.05. The highest BCUT2D eigenvalue weighted by molar-refractivity contribution is 9.10. The van der Waals surface area contributed by atoms with Crippen LogP contribution in [0.3, 0.4) is 0 Å². The summed E-state index contributed by atoms with van der Waals surface area (Å²) in [4.78, 5) is 2.50. The topological polar surface area (TPSA) is 27.0 Å². The van der Waals surface area contributed by atoms with Gasteiger partial charge in [-0.15, -0.1) is 0 Å². The van der Waals surface area contributed by atoms with Crippen molar-refractivity contribution in [3.8, 4) is 6.07 Å². The Morgan fingerprint density at radius 1 is 1.31 bits per heavy atom. The quantitative estimate of drug-likeness (QED) is 0.421. The van der Waals surface area contributed by atoms with Gasteiger partial charge in [0.05, 0.1) is 11.6 Å². The minimum Gasteiger partial charge on any atom is -0.366 e. The van der Waals surface area contributed by atoms with Crippen LogP contribution in [0.4, 0.5) is 5.69 Å². The van der Waals surface area contributed by atoms with Crippen molar-refractivity contribution in [2.24, 2.45) is 0 Å². The number of hydrogen-bond acceptors (Lipinski definition) is 2. The maximum Gasteiger partial charge on any atom is 0.0998 e. The first kappa shape index (κ1) is 18.7. The minimum absolute atomic E-state index is 0.173. The van der Waals surface area contributed by atoms with Crippen molar-refractivity contribution in [1.29, 1.82) is 5.26 Å². The molecule has 0 fully saturated rings. The number of allylic oxidation sites excluding steroid dienone is 1. The molecule has 3 heteroatoms. The summed E-state index contributed by atoms with van der Waals surface area (Å²) < 4.78 is 0.982. The fourth-order valence-corrected chi connectivity index (χ4v) is 4.60. The molecule has 2 aromatic rings. The molecule has 26 heavy (non-hydrogen) atoms. The summed E-state index contributed by atoms with van der Waals surface area (Å²) in [5.74, 6) is 0.507. The van der Waals surface area contributed by atoms with Crippen molar-refractivity contribution in [1.82, 2.24) is 0 Å². The molecule has 134 valence electrons. The molecule has 3 rings (SSSR count). The van der Waals surface area contributed by atoms with Crippen LogP contribution in [0.15, 0.2) is 46.9 Å². The van der Waals surface area contributed by atoms with E-state index in [9.17, 15) is 5.26 Å². The molecule has 0 amide bonds. The van der Waals surface area contributed by atoms with E-state index in [4.69, 9.17) is 0 Å². The number of benzene rings is 2. The Morgan fingerprint density at radius 3 is 2.73 bits per heavy atom. The van der Waals surface area contributed by atoms with Crippen molar-refractivity contribution >= 4 is 33.3 Å². The van der Waals surface area contributed by atoms with Gasteiger partial charge in [-0.25, -0.2) is 0 Å². The van der Waals surface area contributed by atoms with E-state index in [1.54, 1.807) is 0 Å². The van der Waals surface area contributed by atoms with E-state index in [2.05, 4.69) is 72.8 Å². The molecule has 1 unspecified atom stereocenters. The second kappa shape index (κ2) is 7.29. The zero-order valence-corrected chi connectivity index (χ0v) is 17.5. The van der Waals surface area contributed by atoms with Crippen molar-refractivity contribution in [2.75, 3.05) is 11.4 Å². The number of fused-ring (bicyclic) bond motifs is 1. The van der Waals surface area contributed by atoms with Gasteiger partial charge in [-0.3, -0.25) is 0 Å². The molecular formula is C23H25BrN2. The van der Waals surface area contributed by atoms with E-state index in [1.165, 1.54) is 11.3 Å². The summed E-state index contributed by atoms with van der Waals surface area (Å²) in [6.07, 6.45) is 3.13. The molecular weight excluding hydrogens is 384 g/mol. The number of nitriles is 1. The van der Waals surface area contributed by atoms with Gasteiger partial charge in [0.1, 0.15) is 0 Å². The van der Waals surface area contributed by atoms with Gasteiger partial charge in [-0.2, -0.15) is 5.26 Å².